The first-order valence-corrected chi connectivity index (χ1v) is 9.74. The number of hydrogen-bond donors (Lipinski definition) is 1. The minimum Gasteiger partial charge on any atom is -0.492 e. The SMILES string of the molecule is CCOc1ccccc1Nc1cnc(C(=O)N(Cc2ccccc2)C(C)C)cn1. The molecule has 0 aliphatic heterocycles. The third-order valence-electron chi connectivity index (χ3n) is 4.40. The highest BCUT2D eigenvalue weighted by molar-refractivity contribution is 5.92. The summed E-state index contributed by atoms with van der Waals surface area (Å²) in [5.74, 6) is 1.15. The van der Waals surface area contributed by atoms with Crippen molar-refractivity contribution in [3.63, 3.8) is 0 Å². The molecule has 1 aromatic heterocycles. The number of benzene rings is 2. The molecule has 0 fully saturated rings. The molecule has 3 aromatic rings. The topological polar surface area (TPSA) is 67.3 Å². The van der Waals surface area contributed by atoms with Gasteiger partial charge in [-0.1, -0.05) is 42.5 Å². The summed E-state index contributed by atoms with van der Waals surface area (Å²) < 4.78 is 5.61. The summed E-state index contributed by atoms with van der Waals surface area (Å²) >= 11 is 0. The van der Waals surface area contributed by atoms with Crippen LogP contribution in [0.1, 0.15) is 36.8 Å². The average molecular weight is 390 g/mol. The Balaban J connectivity index is 1.74. The summed E-state index contributed by atoms with van der Waals surface area (Å²) in [6, 6.07) is 17.6. The zero-order chi connectivity index (χ0) is 20.6. The molecule has 2 aromatic carbocycles. The normalized spacial score (nSPS) is 10.6. The Morgan fingerprint density at radius 3 is 2.41 bits per heavy atom. The molecule has 1 amide bonds. The van der Waals surface area contributed by atoms with Crippen molar-refractivity contribution in [3.05, 3.63) is 78.2 Å². The summed E-state index contributed by atoms with van der Waals surface area (Å²) in [5.41, 5.74) is 2.20. The van der Waals surface area contributed by atoms with Gasteiger partial charge in [0.2, 0.25) is 0 Å². The fraction of sp³-hybridized carbons (Fsp3) is 0.261. The molecular weight excluding hydrogens is 364 g/mol. The van der Waals surface area contributed by atoms with Gasteiger partial charge in [-0.3, -0.25) is 4.79 Å². The van der Waals surface area contributed by atoms with Crippen LogP contribution in [0, 0.1) is 0 Å². The van der Waals surface area contributed by atoms with Gasteiger partial charge in [0, 0.05) is 12.6 Å². The molecule has 0 spiro atoms. The Labute approximate surface area is 171 Å². The minimum absolute atomic E-state index is 0.0420. The maximum atomic E-state index is 13.0. The number of amides is 1. The smallest absolute Gasteiger partial charge is 0.274 e. The zero-order valence-electron chi connectivity index (χ0n) is 17.0. The largest absolute Gasteiger partial charge is 0.492 e. The molecular formula is C23H26N4O2. The third kappa shape index (κ3) is 5.31. The number of carbonyl (C=O) groups excluding carboxylic acids is 1. The number of nitrogens with zero attached hydrogens (tertiary/aromatic N) is 3. The van der Waals surface area contributed by atoms with Gasteiger partial charge in [0.05, 0.1) is 24.7 Å². The van der Waals surface area contributed by atoms with Gasteiger partial charge in [0.25, 0.3) is 5.91 Å². The van der Waals surface area contributed by atoms with Gasteiger partial charge in [0.15, 0.2) is 0 Å². The van der Waals surface area contributed by atoms with Gasteiger partial charge < -0.3 is 15.0 Å². The van der Waals surface area contributed by atoms with Gasteiger partial charge in [0.1, 0.15) is 17.3 Å². The van der Waals surface area contributed by atoms with Crippen LogP contribution in [0.2, 0.25) is 0 Å². The highest BCUT2D eigenvalue weighted by Crippen LogP contribution is 2.26. The van der Waals surface area contributed by atoms with Gasteiger partial charge in [-0.2, -0.15) is 0 Å². The van der Waals surface area contributed by atoms with Crippen LogP contribution in [0.3, 0.4) is 0 Å². The van der Waals surface area contributed by atoms with E-state index in [4.69, 9.17) is 4.74 Å². The van der Waals surface area contributed by atoms with E-state index in [1.54, 1.807) is 11.1 Å². The zero-order valence-corrected chi connectivity index (χ0v) is 17.0. The lowest BCUT2D eigenvalue weighted by atomic mass is 10.2. The standard InChI is InChI=1S/C23H26N4O2/c1-4-29-21-13-9-8-12-19(21)26-22-15-24-20(14-25-22)23(28)27(17(2)3)16-18-10-6-5-7-11-18/h5-15,17H,4,16H2,1-3H3,(H,25,26). The van der Waals surface area contributed by atoms with Crippen LogP contribution in [0.5, 0.6) is 5.75 Å². The van der Waals surface area contributed by atoms with Crippen molar-refractivity contribution >= 4 is 17.4 Å². The number of nitrogens with one attached hydrogen (secondary N) is 1. The van der Waals surface area contributed by atoms with Crippen LogP contribution in [0.25, 0.3) is 0 Å². The van der Waals surface area contributed by atoms with E-state index in [1.165, 1.54) is 6.20 Å². The van der Waals surface area contributed by atoms with Crippen molar-refractivity contribution in [1.29, 1.82) is 0 Å². The van der Waals surface area contributed by atoms with Gasteiger partial charge in [-0.25, -0.2) is 9.97 Å². The first kappa shape index (κ1) is 20.3. The molecule has 3 rings (SSSR count). The maximum absolute atomic E-state index is 13.0. The molecule has 6 heteroatoms. The number of carbonyl (C=O) groups is 1. The first-order chi connectivity index (χ1) is 14.1. The fourth-order valence-electron chi connectivity index (χ4n) is 2.91. The Morgan fingerprint density at radius 1 is 1.03 bits per heavy atom. The predicted octanol–water partition coefficient (Wildman–Crippen LogP) is 4.67. The molecule has 0 aliphatic rings. The van der Waals surface area contributed by atoms with Crippen molar-refractivity contribution in [2.24, 2.45) is 0 Å². The first-order valence-electron chi connectivity index (χ1n) is 9.74. The highest BCUT2D eigenvalue weighted by Gasteiger charge is 2.20. The van der Waals surface area contributed by atoms with Crippen molar-refractivity contribution < 1.29 is 9.53 Å². The van der Waals surface area contributed by atoms with Crippen LogP contribution in [0.15, 0.2) is 67.0 Å². The number of hydrogen-bond acceptors (Lipinski definition) is 5. The predicted molar refractivity (Wildman–Crippen MR) is 114 cm³/mol. The lowest BCUT2D eigenvalue weighted by molar-refractivity contribution is 0.0684. The quantitative estimate of drug-likeness (QED) is 0.605. The molecule has 0 aliphatic carbocycles. The van der Waals surface area contributed by atoms with E-state index in [-0.39, 0.29) is 11.9 Å². The fourth-order valence-corrected chi connectivity index (χ4v) is 2.91. The van der Waals surface area contributed by atoms with E-state index in [0.717, 1.165) is 17.0 Å². The molecule has 29 heavy (non-hydrogen) atoms. The van der Waals surface area contributed by atoms with Crippen LogP contribution in [0.4, 0.5) is 11.5 Å². The average Bonchev–Trinajstić information content (AvgIpc) is 2.74. The van der Waals surface area contributed by atoms with Gasteiger partial charge >= 0.3 is 0 Å². The van der Waals surface area contributed by atoms with E-state index in [9.17, 15) is 4.79 Å². The molecule has 1 N–H and O–H groups in total. The second-order valence-electron chi connectivity index (χ2n) is 6.85. The maximum Gasteiger partial charge on any atom is 0.274 e. The third-order valence-corrected chi connectivity index (χ3v) is 4.40. The molecule has 6 nitrogen and oxygen atoms in total. The molecule has 0 atom stereocenters. The van der Waals surface area contributed by atoms with E-state index < -0.39 is 0 Å². The van der Waals surface area contributed by atoms with Crippen molar-refractivity contribution in [3.8, 4) is 5.75 Å². The molecule has 1 heterocycles. The number of aromatic nitrogens is 2. The van der Waals surface area contributed by atoms with Gasteiger partial charge in [-0.15, -0.1) is 0 Å². The van der Waals surface area contributed by atoms with E-state index in [1.807, 2.05) is 75.4 Å². The molecule has 0 saturated carbocycles. The Kier molecular flexibility index (Phi) is 6.79. The molecule has 150 valence electrons. The Morgan fingerprint density at radius 2 is 1.76 bits per heavy atom. The monoisotopic (exact) mass is 390 g/mol. The van der Waals surface area contributed by atoms with Crippen molar-refractivity contribution in [2.45, 2.75) is 33.4 Å². The second-order valence-corrected chi connectivity index (χ2v) is 6.85. The number of ether oxygens (including phenoxy) is 1. The molecule has 0 radical (unpaired) electrons. The molecule has 0 saturated heterocycles. The Hall–Kier alpha value is -3.41. The highest BCUT2D eigenvalue weighted by atomic mass is 16.5. The summed E-state index contributed by atoms with van der Waals surface area (Å²) in [6.07, 6.45) is 3.07. The van der Waals surface area contributed by atoms with E-state index in [0.29, 0.717) is 24.7 Å². The summed E-state index contributed by atoms with van der Waals surface area (Å²) in [6.45, 7) is 7.03. The van der Waals surface area contributed by atoms with Gasteiger partial charge in [-0.05, 0) is 38.5 Å². The summed E-state index contributed by atoms with van der Waals surface area (Å²) in [7, 11) is 0. The van der Waals surface area contributed by atoms with E-state index >= 15 is 0 Å². The summed E-state index contributed by atoms with van der Waals surface area (Å²) in [5, 5.41) is 3.19. The number of para-hydroxylation sites is 2. The molecule has 0 unspecified atom stereocenters. The van der Waals surface area contributed by atoms with E-state index in [2.05, 4.69) is 15.3 Å². The summed E-state index contributed by atoms with van der Waals surface area (Å²) in [4.78, 5) is 23.5. The van der Waals surface area contributed by atoms with Crippen LogP contribution in [-0.2, 0) is 6.54 Å². The number of anilines is 2. The lowest BCUT2D eigenvalue weighted by Crippen LogP contribution is -2.36. The van der Waals surface area contributed by atoms with Crippen molar-refractivity contribution in [2.75, 3.05) is 11.9 Å². The van der Waals surface area contributed by atoms with Crippen LogP contribution >= 0.6 is 0 Å². The Bertz CT molecular complexity index is 927. The number of rotatable bonds is 8. The second kappa shape index (κ2) is 9.68. The minimum atomic E-state index is -0.141. The van der Waals surface area contributed by atoms with Crippen LogP contribution in [-0.4, -0.2) is 33.4 Å². The van der Waals surface area contributed by atoms with Crippen LogP contribution < -0.4 is 10.1 Å². The lowest BCUT2D eigenvalue weighted by Gasteiger charge is -2.26. The van der Waals surface area contributed by atoms with Crippen molar-refractivity contribution in [1.82, 2.24) is 14.9 Å². The molecule has 0 bridgehead atoms.